The van der Waals surface area contributed by atoms with Crippen LogP contribution >= 0.6 is 0 Å². The van der Waals surface area contributed by atoms with Crippen molar-refractivity contribution in [1.82, 2.24) is 0 Å². The second-order valence-electron chi connectivity index (χ2n) is 3.30. The van der Waals surface area contributed by atoms with Crippen molar-refractivity contribution in [3.8, 4) is 0 Å². The Hall–Kier alpha value is -0.340. The van der Waals surface area contributed by atoms with Gasteiger partial charge < -0.3 is 9.84 Å². The summed E-state index contributed by atoms with van der Waals surface area (Å²) in [5.41, 5.74) is 0.808. The van der Waals surface area contributed by atoms with E-state index in [2.05, 4.69) is 6.58 Å². The van der Waals surface area contributed by atoms with Gasteiger partial charge in [-0.2, -0.15) is 0 Å². The summed E-state index contributed by atoms with van der Waals surface area (Å²) >= 11 is 0. The Labute approximate surface area is 67.9 Å². The van der Waals surface area contributed by atoms with Gasteiger partial charge in [0, 0.05) is 6.42 Å². The van der Waals surface area contributed by atoms with E-state index in [4.69, 9.17) is 4.74 Å². The highest BCUT2D eigenvalue weighted by atomic mass is 16.6. The fraction of sp³-hybridized carbons (Fsp3) is 0.778. The molecule has 0 saturated carbocycles. The molecule has 0 aromatic rings. The van der Waals surface area contributed by atoms with Gasteiger partial charge >= 0.3 is 0 Å². The summed E-state index contributed by atoms with van der Waals surface area (Å²) in [6.07, 6.45) is 1.86. The van der Waals surface area contributed by atoms with Gasteiger partial charge in [0.1, 0.15) is 0 Å². The smallest absolute Gasteiger partial charge is 0.156 e. The SMILES string of the molecule is C=C1CCC(O)OC1(C)CC. The van der Waals surface area contributed by atoms with Gasteiger partial charge in [-0.3, -0.25) is 0 Å². The largest absolute Gasteiger partial charge is 0.368 e. The van der Waals surface area contributed by atoms with Gasteiger partial charge in [0.25, 0.3) is 0 Å². The van der Waals surface area contributed by atoms with Crippen molar-refractivity contribution in [1.29, 1.82) is 0 Å². The van der Waals surface area contributed by atoms with E-state index >= 15 is 0 Å². The van der Waals surface area contributed by atoms with Crippen molar-refractivity contribution in [2.75, 3.05) is 0 Å². The monoisotopic (exact) mass is 156 g/mol. The Morgan fingerprint density at radius 2 is 2.45 bits per heavy atom. The van der Waals surface area contributed by atoms with Gasteiger partial charge in [-0.1, -0.05) is 13.5 Å². The quantitative estimate of drug-likeness (QED) is 0.587. The van der Waals surface area contributed by atoms with E-state index in [-0.39, 0.29) is 5.60 Å². The molecule has 0 aromatic carbocycles. The maximum absolute atomic E-state index is 9.23. The Morgan fingerprint density at radius 3 is 2.91 bits per heavy atom. The number of ether oxygens (including phenoxy) is 1. The van der Waals surface area contributed by atoms with Gasteiger partial charge in [0.05, 0.1) is 5.60 Å². The summed E-state index contributed by atoms with van der Waals surface area (Å²) in [6.45, 7) is 7.97. The molecule has 0 amide bonds. The first-order chi connectivity index (χ1) is 5.08. The molecular formula is C9H16O2. The lowest BCUT2D eigenvalue weighted by Crippen LogP contribution is -2.39. The first-order valence-corrected chi connectivity index (χ1v) is 4.12. The molecule has 1 N–H and O–H groups in total. The van der Waals surface area contributed by atoms with E-state index in [0.717, 1.165) is 18.4 Å². The normalized spacial score (nSPS) is 39.2. The number of hydrogen-bond donors (Lipinski definition) is 1. The lowest BCUT2D eigenvalue weighted by molar-refractivity contribution is -0.184. The predicted octanol–water partition coefficient (Wildman–Crippen LogP) is 1.84. The Kier molecular flexibility index (Phi) is 2.35. The molecule has 2 unspecified atom stereocenters. The van der Waals surface area contributed by atoms with Crippen LogP contribution in [0.2, 0.25) is 0 Å². The second kappa shape index (κ2) is 2.95. The zero-order valence-corrected chi connectivity index (χ0v) is 7.26. The summed E-state index contributed by atoms with van der Waals surface area (Å²) in [4.78, 5) is 0. The summed E-state index contributed by atoms with van der Waals surface area (Å²) in [7, 11) is 0. The number of aliphatic hydroxyl groups is 1. The average molecular weight is 156 g/mol. The lowest BCUT2D eigenvalue weighted by Gasteiger charge is -2.37. The molecule has 2 heteroatoms. The van der Waals surface area contributed by atoms with Gasteiger partial charge in [-0.05, 0) is 25.3 Å². The fourth-order valence-electron chi connectivity index (χ4n) is 1.34. The zero-order valence-electron chi connectivity index (χ0n) is 7.26. The minimum Gasteiger partial charge on any atom is -0.368 e. The summed E-state index contributed by atoms with van der Waals surface area (Å²) in [5, 5.41) is 9.23. The fourth-order valence-corrected chi connectivity index (χ4v) is 1.34. The van der Waals surface area contributed by atoms with Crippen LogP contribution in [0.5, 0.6) is 0 Å². The first-order valence-electron chi connectivity index (χ1n) is 4.12. The van der Waals surface area contributed by atoms with E-state index in [1.54, 1.807) is 0 Å². The highest BCUT2D eigenvalue weighted by Gasteiger charge is 2.33. The standard InChI is InChI=1S/C9H16O2/c1-4-9(3)7(2)5-6-8(10)11-9/h8,10H,2,4-6H2,1,3H3. The highest BCUT2D eigenvalue weighted by molar-refractivity contribution is 5.13. The van der Waals surface area contributed by atoms with Crippen LogP contribution in [0, 0.1) is 0 Å². The molecular weight excluding hydrogens is 140 g/mol. The first kappa shape index (κ1) is 8.75. The molecule has 11 heavy (non-hydrogen) atoms. The van der Waals surface area contributed by atoms with Crippen LogP contribution in [0.15, 0.2) is 12.2 Å². The molecule has 64 valence electrons. The molecule has 0 aliphatic carbocycles. The molecule has 2 nitrogen and oxygen atoms in total. The third kappa shape index (κ3) is 1.63. The van der Waals surface area contributed by atoms with Gasteiger partial charge in [-0.25, -0.2) is 0 Å². The van der Waals surface area contributed by atoms with Crippen molar-refractivity contribution < 1.29 is 9.84 Å². The van der Waals surface area contributed by atoms with Crippen LogP contribution in [0.25, 0.3) is 0 Å². The summed E-state index contributed by atoms with van der Waals surface area (Å²) in [5.74, 6) is 0. The Morgan fingerprint density at radius 1 is 1.82 bits per heavy atom. The molecule has 0 aromatic heterocycles. The van der Waals surface area contributed by atoms with Crippen LogP contribution in [-0.2, 0) is 4.74 Å². The third-order valence-electron chi connectivity index (χ3n) is 2.51. The van der Waals surface area contributed by atoms with Gasteiger partial charge in [0.15, 0.2) is 6.29 Å². The van der Waals surface area contributed by atoms with Gasteiger partial charge in [-0.15, -0.1) is 0 Å². The maximum atomic E-state index is 9.23. The number of rotatable bonds is 1. The maximum Gasteiger partial charge on any atom is 0.156 e. The van der Waals surface area contributed by atoms with Crippen molar-refractivity contribution in [2.45, 2.75) is 45.0 Å². The van der Waals surface area contributed by atoms with Crippen molar-refractivity contribution >= 4 is 0 Å². The number of aliphatic hydroxyl groups excluding tert-OH is 1. The van der Waals surface area contributed by atoms with Gasteiger partial charge in [0.2, 0.25) is 0 Å². The van der Waals surface area contributed by atoms with E-state index in [1.165, 1.54) is 0 Å². The molecule has 2 atom stereocenters. The van der Waals surface area contributed by atoms with Crippen molar-refractivity contribution in [2.24, 2.45) is 0 Å². The second-order valence-corrected chi connectivity index (χ2v) is 3.30. The molecule has 1 aliphatic rings. The highest BCUT2D eigenvalue weighted by Crippen LogP contribution is 2.33. The van der Waals surface area contributed by atoms with E-state index in [0.29, 0.717) is 6.42 Å². The third-order valence-corrected chi connectivity index (χ3v) is 2.51. The molecule has 1 heterocycles. The summed E-state index contributed by atoms with van der Waals surface area (Å²) < 4.78 is 5.39. The Bertz CT molecular complexity index is 165. The lowest BCUT2D eigenvalue weighted by atomic mass is 9.88. The molecule has 0 bridgehead atoms. The average Bonchev–Trinajstić information content (AvgIpc) is 1.98. The zero-order chi connectivity index (χ0) is 8.48. The molecule has 1 rings (SSSR count). The van der Waals surface area contributed by atoms with Crippen molar-refractivity contribution in [3.05, 3.63) is 12.2 Å². The van der Waals surface area contributed by atoms with E-state index < -0.39 is 6.29 Å². The van der Waals surface area contributed by atoms with Crippen LogP contribution in [0.4, 0.5) is 0 Å². The predicted molar refractivity (Wildman–Crippen MR) is 44.2 cm³/mol. The Balaban J connectivity index is 2.68. The molecule has 1 fully saturated rings. The minimum atomic E-state index is -0.592. The molecule has 0 spiro atoms. The van der Waals surface area contributed by atoms with Crippen LogP contribution < -0.4 is 0 Å². The number of hydrogen-bond acceptors (Lipinski definition) is 2. The van der Waals surface area contributed by atoms with Crippen molar-refractivity contribution in [3.63, 3.8) is 0 Å². The molecule has 1 aliphatic heterocycles. The molecule has 1 saturated heterocycles. The van der Waals surface area contributed by atoms with Crippen LogP contribution in [-0.4, -0.2) is 17.0 Å². The van der Waals surface area contributed by atoms with E-state index in [9.17, 15) is 5.11 Å². The topological polar surface area (TPSA) is 29.5 Å². The molecule has 0 radical (unpaired) electrons. The van der Waals surface area contributed by atoms with E-state index in [1.807, 2.05) is 13.8 Å². The summed E-state index contributed by atoms with van der Waals surface area (Å²) in [6, 6.07) is 0. The minimum absolute atomic E-state index is 0.294. The van der Waals surface area contributed by atoms with Crippen LogP contribution in [0.3, 0.4) is 0 Å². The van der Waals surface area contributed by atoms with Crippen LogP contribution in [0.1, 0.15) is 33.1 Å².